The van der Waals surface area contributed by atoms with Gasteiger partial charge in [-0.25, -0.2) is 18.7 Å². The number of imidazole rings is 1. The van der Waals surface area contributed by atoms with Crippen LogP contribution < -0.4 is 11.2 Å². The predicted molar refractivity (Wildman–Crippen MR) is 120 cm³/mol. The van der Waals surface area contributed by atoms with E-state index in [9.17, 15) is 14.0 Å². The Morgan fingerprint density at radius 1 is 1.10 bits per heavy atom. The summed E-state index contributed by atoms with van der Waals surface area (Å²) in [7, 11) is 0. The zero-order valence-corrected chi connectivity index (χ0v) is 18.0. The SMILES string of the molecule is CC(C)CCn1c(=O)c2c(ncn2Cc2cccc(Cl)c2)n(-c2ccc(F)cc2)c1=O. The number of nitrogens with zero attached hydrogens (tertiary/aromatic N) is 4. The van der Waals surface area contributed by atoms with Crippen molar-refractivity contribution in [2.24, 2.45) is 5.92 Å². The molecule has 0 unspecified atom stereocenters. The Morgan fingerprint density at radius 3 is 2.52 bits per heavy atom. The van der Waals surface area contributed by atoms with Crippen molar-refractivity contribution in [3.63, 3.8) is 0 Å². The summed E-state index contributed by atoms with van der Waals surface area (Å²) in [5.41, 5.74) is 1.02. The molecule has 0 amide bonds. The first-order valence-electron chi connectivity index (χ1n) is 10.1. The highest BCUT2D eigenvalue weighted by Crippen LogP contribution is 2.17. The Hall–Kier alpha value is -3.19. The first-order valence-corrected chi connectivity index (χ1v) is 10.4. The molecule has 0 fully saturated rings. The number of aromatic nitrogens is 4. The third kappa shape index (κ3) is 4.18. The Morgan fingerprint density at radius 2 is 1.84 bits per heavy atom. The number of hydrogen-bond acceptors (Lipinski definition) is 3. The lowest BCUT2D eigenvalue weighted by Crippen LogP contribution is -2.40. The van der Waals surface area contributed by atoms with Gasteiger partial charge in [0.25, 0.3) is 5.56 Å². The molecule has 0 aliphatic carbocycles. The van der Waals surface area contributed by atoms with E-state index < -0.39 is 17.1 Å². The van der Waals surface area contributed by atoms with Gasteiger partial charge < -0.3 is 4.57 Å². The first kappa shape index (κ1) is 21.1. The van der Waals surface area contributed by atoms with Gasteiger partial charge in [0, 0.05) is 18.1 Å². The molecule has 0 spiro atoms. The molecule has 0 N–H and O–H groups in total. The molecule has 31 heavy (non-hydrogen) atoms. The summed E-state index contributed by atoms with van der Waals surface area (Å²) in [6.07, 6.45) is 2.21. The van der Waals surface area contributed by atoms with E-state index >= 15 is 0 Å². The van der Waals surface area contributed by atoms with Gasteiger partial charge in [-0.3, -0.25) is 9.36 Å². The quantitative estimate of drug-likeness (QED) is 0.450. The van der Waals surface area contributed by atoms with Crippen LogP contribution in [0.25, 0.3) is 16.9 Å². The summed E-state index contributed by atoms with van der Waals surface area (Å²) in [5, 5.41) is 0.597. The molecule has 0 radical (unpaired) electrons. The molecule has 0 bridgehead atoms. The average molecular weight is 441 g/mol. The van der Waals surface area contributed by atoms with Gasteiger partial charge >= 0.3 is 5.69 Å². The predicted octanol–water partition coefficient (Wildman–Crippen LogP) is 4.24. The highest BCUT2D eigenvalue weighted by Gasteiger charge is 2.19. The second-order valence-corrected chi connectivity index (χ2v) is 8.34. The van der Waals surface area contributed by atoms with Crippen molar-refractivity contribution in [3.8, 4) is 5.69 Å². The monoisotopic (exact) mass is 440 g/mol. The minimum atomic E-state index is -0.488. The smallest absolute Gasteiger partial charge is 0.320 e. The number of halogens is 2. The van der Waals surface area contributed by atoms with Crippen molar-refractivity contribution in [2.75, 3.05) is 0 Å². The van der Waals surface area contributed by atoms with Gasteiger partial charge in [-0.2, -0.15) is 0 Å². The maximum Gasteiger partial charge on any atom is 0.337 e. The lowest BCUT2D eigenvalue weighted by molar-refractivity contribution is 0.491. The maximum atomic E-state index is 13.5. The lowest BCUT2D eigenvalue weighted by atomic mass is 10.1. The van der Waals surface area contributed by atoms with Gasteiger partial charge in [0.15, 0.2) is 11.2 Å². The molecule has 0 saturated heterocycles. The molecule has 8 heteroatoms. The molecule has 2 heterocycles. The lowest BCUT2D eigenvalue weighted by Gasteiger charge is -2.13. The van der Waals surface area contributed by atoms with Crippen LogP contribution in [0.4, 0.5) is 4.39 Å². The molecule has 0 aliphatic rings. The normalized spacial score (nSPS) is 11.5. The van der Waals surface area contributed by atoms with E-state index in [-0.39, 0.29) is 12.2 Å². The minimum absolute atomic E-state index is 0.240. The van der Waals surface area contributed by atoms with E-state index in [0.29, 0.717) is 35.1 Å². The summed E-state index contributed by atoms with van der Waals surface area (Å²) in [6, 6.07) is 12.9. The molecule has 4 aromatic rings. The van der Waals surface area contributed by atoms with Crippen molar-refractivity contribution in [3.05, 3.63) is 92.1 Å². The van der Waals surface area contributed by atoms with Crippen LogP contribution in [-0.2, 0) is 13.1 Å². The Kier molecular flexibility index (Phi) is 5.78. The topological polar surface area (TPSA) is 61.8 Å². The van der Waals surface area contributed by atoms with Gasteiger partial charge in [-0.05, 0) is 54.3 Å². The molecule has 0 aliphatic heterocycles. The molecular weight excluding hydrogens is 419 g/mol. The average Bonchev–Trinajstić information content (AvgIpc) is 3.12. The number of rotatable bonds is 6. The Bertz CT molecular complexity index is 1350. The number of benzene rings is 2. The van der Waals surface area contributed by atoms with E-state index in [1.165, 1.54) is 33.4 Å². The fourth-order valence-electron chi connectivity index (χ4n) is 3.54. The third-order valence-electron chi connectivity index (χ3n) is 5.16. The summed E-state index contributed by atoms with van der Waals surface area (Å²) >= 11 is 6.10. The van der Waals surface area contributed by atoms with Gasteiger partial charge in [-0.15, -0.1) is 0 Å². The standard InChI is InChI=1S/C23H22ClFN4O2/c1-15(2)10-11-28-22(30)20-21(29(23(28)31)19-8-6-18(25)7-9-19)26-14-27(20)13-16-4-3-5-17(24)12-16/h3-9,12,14-15H,10-11,13H2,1-2H3. The number of fused-ring (bicyclic) bond motifs is 1. The highest BCUT2D eigenvalue weighted by molar-refractivity contribution is 6.30. The molecular formula is C23H22ClFN4O2. The maximum absolute atomic E-state index is 13.5. The van der Waals surface area contributed by atoms with Gasteiger partial charge in [-0.1, -0.05) is 37.6 Å². The van der Waals surface area contributed by atoms with E-state index in [2.05, 4.69) is 4.98 Å². The van der Waals surface area contributed by atoms with E-state index in [0.717, 1.165) is 5.56 Å². The van der Waals surface area contributed by atoms with Gasteiger partial charge in [0.2, 0.25) is 0 Å². The largest absolute Gasteiger partial charge is 0.337 e. The van der Waals surface area contributed by atoms with E-state index in [4.69, 9.17) is 11.6 Å². The molecule has 4 rings (SSSR count). The molecule has 160 valence electrons. The van der Waals surface area contributed by atoms with Crippen LogP contribution in [0.15, 0.2) is 64.4 Å². The van der Waals surface area contributed by atoms with Crippen LogP contribution in [0, 0.1) is 11.7 Å². The zero-order valence-electron chi connectivity index (χ0n) is 17.3. The first-order chi connectivity index (χ1) is 14.8. The molecule has 0 saturated carbocycles. The number of hydrogen-bond donors (Lipinski definition) is 0. The minimum Gasteiger partial charge on any atom is -0.320 e. The molecule has 2 aromatic carbocycles. The third-order valence-corrected chi connectivity index (χ3v) is 5.39. The second kappa shape index (κ2) is 8.51. The Labute approximate surface area is 183 Å². The van der Waals surface area contributed by atoms with Crippen LogP contribution in [-0.4, -0.2) is 18.7 Å². The fraction of sp³-hybridized carbons (Fsp3) is 0.261. The van der Waals surface area contributed by atoms with Crippen molar-refractivity contribution in [1.29, 1.82) is 0 Å². The van der Waals surface area contributed by atoms with Crippen LogP contribution >= 0.6 is 11.6 Å². The van der Waals surface area contributed by atoms with Gasteiger partial charge in [0.05, 0.1) is 12.0 Å². The summed E-state index contributed by atoms with van der Waals surface area (Å²) in [6.45, 7) is 4.73. The molecule has 2 aromatic heterocycles. The summed E-state index contributed by atoms with van der Waals surface area (Å²) in [5.74, 6) is -0.0923. The molecule has 6 nitrogen and oxygen atoms in total. The zero-order chi connectivity index (χ0) is 22.1. The highest BCUT2D eigenvalue weighted by atomic mass is 35.5. The second-order valence-electron chi connectivity index (χ2n) is 7.91. The van der Waals surface area contributed by atoms with Crippen molar-refractivity contribution in [2.45, 2.75) is 33.4 Å². The van der Waals surface area contributed by atoms with Crippen LogP contribution in [0.5, 0.6) is 0 Å². The summed E-state index contributed by atoms with van der Waals surface area (Å²) < 4.78 is 17.8. The molecule has 0 atom stereocenters. The van der Waals surface area contributed by atoms with Gasteiger partial charge in [0.1, 0.15) is 5.82 Å². The van der Waals surface area contributed by atoms with Crippen molar-refractivity contribution in [1.82, 2.24) is 18.7 Å². The van der Waals surface area contributed by atoms with E-state index in [1.54, 1.807) is 17.0 Å². The van der Waals surface area contributed by atoms with Crippen LogP contribution in [0.3, 0.4) is 0 Å². The van der Waals surface area contributed by atoms with E-state index in [1.807, 2.05) is 32.0 Å². The summed E-state index contributed by atoms with van der Waals surface area (Å²) in [4.78, 5) is 31.0. The Balaban J connectivity index is 1.95. The van der Waals surface area contributed by atoms with Crippen LogP contribution in [0.2, 0.25) is 5.02 Å². The van der Waals surface area contributed by atoms with Crippen LogP contribution in [0.1, 0.15) is 25.8 Å². The van der Waals surface area contributed by atoms with Crippen molar-refractivity contribution < 1.29 is 4.39 Å². The fourth-order valence-corrected chi connectivity index (χ4v) is 3.75. The van der Waals surface area contributed by atoms with Crippen molar-refractivity contribution >= 4 is 22.8 Å².